The summed E-state index contributed by atoms with van der Waals surface area (Å²) in [7, 11) is 0. The van der Waals surface area contributed by atoms with Gasteiger partial charge in [-0.3, -0.25) is 0 Å². The minimum Gasteiger partial charge on any atom is -0.370 e. The number of rotatable bonds is 4. The highest BCUT2D eigenvalue weighted by Gasteiger charge is 1.95. The second kappa shape index (κ2) is 4.66. The first kappa shape index (κ1) is 8.93. The Hall–Kier alpha value is -1.16. The number of nitrogens with one attached hydrogen (secondary N) is 1. The third-order valence-electron chi connectivity index (χ3n) is 1.43. The van der Waals surface area contributed by atoms with Gasteiger partial charge in [0.05, 0.1) is 0 Å². The summed E-state index contributed by atoms with van der Waals surface area (Å²) < 4.78 is 0. The van der Waals surface area contributed by atoms with Crippen LogP contribution in [0.15, 0.2) is 12.3 Å². The van der Waals surface area contributed by atoms with Crippen molar-refractivity contribution in [2.45, 2.75) is 13.3 Å². The van der Waals surface area contributed by atoms with Crippen molar-refractivity contribution in [3.63, 3.8) is 0 Å². The topological polar surface area (TPSA) is 63.8 Å². The molecule has 0 aliphatic carbocycles. The molecule has 66 valence electrons. The van der Waals surface area contributed by atoms with Crippen LogP contribution in [0.25, 0.3) is 0 Å². The quantitative estimate of drug-likeness (QED) is 0.680. The van der Waals surface area contributed by atoms with Crippen LogP contribution in [0.4, 0.5) is 5.82 Å². The van der Waals surface area contributed by atoms with Gasteiger partial charge in [0.25, 0.3) is 0 Å². The Labute approximate surface area is 72.2 Å². The van der Waals surface area contributed by atoms with Crippen molar-refractivity contribution < 1.29 is 0 Å². The highest BCUT2D eigenvalue weighted by Crippen LogP contribution is 2.00. The number of nitrogens with zero attached hydrogens (tertiary/aromatic N) is 2. The molecule has 0 saturated heterocycles. The fourth-order valence-electron chi connectivity index (χ4n) is 0.928. The largest absolute Gasteiger partial charge is 0.370 e. The first-order valence-corrected chi connectivity index (χ1v) is 4.12. The summed E-state index contributed by atoms with van der Waals surface area (Å²) in [4.78, 5) is 8.33. The molecule has 0 saturated carbocycles. The minimum atomic E-state index is 0.593. The van der Waals surface area contributed by atoms with E-state index < -0.39 is 0 Å². The van der Waals surface area contributed by atoms with Crippen LogP contribution in [0, 0.1) is 0 Å². The molecule has 3 N–H and O–H groups in total. The van der Waals surface area contributed by atoms with Gasteiger partial charge in [0.1, 0.15) is 11.6 Å². The Morgan fingerprint density at radius 1 is 1.58 bits per heavy atom. The Kier molecular flexibility index (Phi) is 3.47. The Morgan fingerprint density at radius 2 is 2.42 bits per heavy atom. The van der Waals surface area contributed by atoms with E-state index in [0.717, 1.165) is 24.6 Å². The lowest BCUT2D eigenvalue weighted by molar-refractivity contribution is 0.867. The average molecular weight is 166 g/mol. The lowest BCUT2D eigenvalue weighted by atomic mass is 10.4. The second-order valence-corrected chi connectivity index (χ2v) is 2.43. The van der Waals surface area contributed by atoms with E-state index in [-0.39, 0.29) is 0 Å². The van der Waals surface area contributed by atoms with Crippen molar-refractivity contribution in [1.82, 2.24) is 9.97 Å². The number of anilines is 1. The summed E-state index contributed by atoms with van der Waals surface area (Å²) in [5, 5.41) is 3.11. The predicted octanol–water partition coefficient (Wildman–Crippen LogP) is 0.410. The van der Waals surface area contributed by atoms with Crippen LogP contribution in [-0.4, -0.2) is 23.1 Å². The van der Waals surface area contributed by atoms with E-state index in [0.29, 0.717) is 6.54 Å². The van der Waals surface area contributed by atoms with E-state index in [1.54, 1.807) is 6.20 Å². The zero-order valence-electron chi connectivity index (χ0n) is 7.25. The molecule has 1 aromatic rings. The third-order valence-corrected chi connectivity index (χ3v) is 1.43. The summed E-state index contributed by atoms with van der Waals surface area (Å²) in [5.41, 5.74) is 5.38. The van der Waals surface area contributed by atoms with Gasteiger partial charge in [-0.15, -0.1) is 0 Å². The summed E-state index contributed by atoms with van der Waals surface area (Å²) in [6, 6.07) is 1.85. The van der Waals surface area contributed by atoms with Gasteiger partial charge in [-0.2, -0.15) is 0 Å². The molecule has 0 aliphatic rings. The molecule has 1 aromatic heterocycles. The van der Waals surface area contributed by atoms with E-state index in [1.807, 2.05) is 13.0 Å². The molecule has 0 spiro atoms. The van der Waals surface area contributed by atoms with Crippen LogP contribution in [0.2, 0.25) is 0 Å². The SMILES string of the molecule is CCNc1ccnc(CCN)n1. The van der Waals surface area contributed by atoms with Gasteiger partial charge in [0.2, 0.25) is 0 Å². The summed E-state index contributed by atoms with van der Waals surface area (Å²) in [5.74, 6) is 1.67. The summed E-state index contributed by atoms with van der Waals surface area (Å²) >= 11 is 0. The number of hydrogen-bond donors (Lipinski definition) is 2. The molecule has 1 rings (SSSR count). The monoisotopic (exact) mass is 166 g/mol. The number of nitrogens with two attached hydrogens (primary N) is 1. The standard InChI is InChI=1S/C8H14N4/c1-2-10-8-4-6-11-7(12-8)3-5-9/h4,6H,2-3,5,9H2,1H3,(H,10,11,12). The molecule has 0 fully saturated rings. The van der Waals surface area contributed by atoms with E-state index in [4.69, 9.17) is 5.73 Å². The van der Waals surface area contributed by atoms with E-state index >= 15 is 0 Å². The molecule has 0 atom stereocenters. The Bertz CT molecular complexity index is 215. The zero-order chi connectivity index (χ0) is 8.81. The molecule has 4 heteroatoms. The van der Waals surface area contributed by atoms with Crippen LogP contribution in [0.5, 0.6) is 0 Å². The van der Waals surface area contributed by atoms with E-state index in [1.165, 1.54) is 0 Å². The average Bonchev–Trinajstić information content (AvgIpc) is 2.06. The highest BCUT2D eigenvalue weighted by molar-refractivity contribution is 5.32. The Balaban J connectivity index is 2.67. The van der Waals surface area contributed by atoms with Crippen LogP contribution >= 0.6 is 0 Å². The maximum Gasteiger partial charge on any atom is 0.131 e. The maximum atomic E-state index is 5.38. The molecule has 12 heavy (non-hydrogen) atoms. The molecule has 0 unspecified atom stereocenters. The third kappa shape index (κ3) is 2.47. The molecular weight excluding hydrogens is 152 g/mol. The van der Waals surface area contributed by atoms with Crippen molar-refractivity contribution in [1.29, 1.82) is 0 Å². The molecule has 0 radical (unpaired) electrons. The molecule has 4 nitrogen and oxygen atoms in total. The molecule has 0 aliphatic heterocycles. The Morgan fingerprint density at radius 3 is 3.08 bits per heavy atom. The second-order valence-electron chi connectivity index (χ2n) is 2.43. The highest BCUT2D eigenvalue weighted by atomic mass is 15.0. The van der Waals surface area contributed by atoms with Gasteiger partial charge in [0.15, 0.2) is 0 Å². The van der Waals surface area contributed by atoms with Gasteiger partial charge >= 0.3 is 0 Å². The first-order chi connectivity index (χ1) is 5.86. The van der Waals surface area contributed by atoms with Crippen LogP contribution in [-0.2, 0) is 6.42 Å². The van der Waals surface area contributed by atoms with Gasteiger partial charge in [-0.05, 0) is 19.5 Å². The summed E-state index contributed by atoms with van der Waals surface area (Å²) in [6.07, 6.45) is 2.48. The van der Waals surface area contributed by atoms with Crippen molar-refractivity contribution in [2.24, 2.45) is 5.73 Å². The van der Waals surface area contributed by atoms with Crippen LogP contribution in [0.3, 0.4) is 0 Å². The van der Waals surface area contributed by atoms with E-state index in [9.17, 15) is 0 Å². The van der Waals surface area contributed by atoms with Crippen molar-refractivity contribution in [3.8, 4) is 0 Å². The van der Waals surface area contributed by atoms with Gasteiger partial charge in [-0.1, -0.05) is 0 Å². The lowest BCUT2D eigenvalue weighted by Gasteiger charge is -2.02. The predicted molar refractivity (Wildman–Crippen MR) is 49.0 cm³/mol. The first-order valence-electron chi connectivity index (χ1n) is 4.12. The van der Waals surface area contributed by atoms with Gasteiger partial charge in [-0.25, -0.2) is 9.97 Å². The fraction of sp³-hybridized carbons (Fsp3) is 0.500. The van der Waals surface area contributed by atoms with Crippen molar-refractivity contribution in [3.05, 3.63) is 18.1 Å². The minimum absolute atomic E-state index is 0.593. The van der Waals surface area contributed by atoms with Crippen LogP contribution < -0.4 is 11.1 Å². The lowest BCUT2D eigenvalue weighted by Crippen LogP contribution is -2.08. The van der Waals surface area contributed by atoms with Crippen molar-refractivity contribution in [2.75, 3.05) is 18.4 Å². The van der Waals surface area contributed by atoms with E-state index in [2.05, 4.69) is 15.3 Å². The fourth-order valence-corrected chi connectivity index (χ4v) is 0.928. The zero-order valence-corrected chi connectivity index (χ0v) is 7.25. The maximum absolute atomic E-state index is 5.38. The normalized spacial score (nSPS) is 9.83. The van der Waals surface area contributed by atoms with Crippen LogP contribution in [0.1, 0.15) is 12.7 Å². The summed E-state index contributed by atoms with van der Waals surface area (Å²) in [6.45, 7) is 3.50. The smallest absolute Gasteiger partial charge is 0.131 e. The van der Waals surface area contributed by atoms with Gasteiger partial charge in [0, 0.05) is 19.2 Å². The van der Waals surface area contributed by atoms with Gasteiger partial charge < -0.3 is 11.1 Å². The molecule has 1 heterocycles. The number of aromatic nitrogens is 2. The molecular formula is C8H14N4. The molecule has 0 aromatic carbocycles. The van der Waals surface area contributed by atoms with Crippen molar-refractivity contribution >= 4 is 5.82 Å². The number of hydrogen-bond acceptors (Lipinski definition) is 4. The molecule has 0 amide bonds. The molecule has 0 bridgehead atoms.